The number of carbonyl (C=O) groups is 9. The summed E-state index contributed by atoms with van der Waals surface area (Å²) in [6.07, 6.45) is 1.30. The van der Waals surface area contributed by atoms with Crippen LogP contribution in [0.2, 0.25) is 0 Å². The molecule has 0 aliphatic carbocycles. The number of rotatable bonds is 27. The quantitative estimate of drug-likeness (QED) is 0.0163. The van der Waals surface area contributed by atoms with Crippen LogP contribution in [0.1, 0.15) is 71.6 Å². The Morgan fingerprint density at radius 1 is 0.879 bits per heavy atom. The normalized spacial score (nSPS) is 18.6. The van der Waals surface area contributed by atoms with Crippen LogP contribution in [0.3, 0.4) is 0 Å². The van der Waals surface area contributed by atoms with Gasteiger partial charge < -0.3 is 95.6 Å². The molecule has 2 heterocycles. The van der Waals surface area contributed by atoms with Crippen molar-refractivity contribution in [3.63, 3.8) is 0 Å². The molecule has 2 fully saturated rings. The van der Waals surface area contributed by atoms with Gasteiger partial charge in [0.2, 0.25) is 35.4 Å². The van der Waals surface area contributed by atoms with Gasteiger partial charge in [0.05, 0.1) is 24.4 Å². The molecule has 8 atom stereocenters. The van der Waals surface area contributed by atoms with Gasteiger partial charge >= 0.3 is 28.3 Å². The van der Waals surface area contributed by atoms with Crippen molar-refractivity contribution in [2.45, 2.75) is 120 Å². The van der Waals surface area contributed by atoms with E-state index < -0.39 is 121 Å². The molecule has 0 aromatic rings. The molecule has 25 nitrogen and oxygen atoms in total. The van der Waals surface area contributed by atoms with Gasteiger partial charge in [-0.3, -0.25) is 33.8 Å². The number of likely N-dealkylation sites (N-methyl/N-ethyl adjacent to an activating group) is 1. The van der Waals surface area contributed by atoms with Crippen LogP contribution in [0.15, 0.2) is 4.99 Å². The molecule has 27 heteroatoms. The third-order valence-electron chi connectivity index (χ3n) is 10.3. The monoisotopic (exact) mass is 1040 g/mol. The van der Waals surface area contributed by atoms with Gasteiger partial charge in [0.15, 0.2) is 0 Å². The van der Waals surface area contributed by atoms with Crippen LogP contribution < -0.4 is 32.7 Å². The second kappa shape index (κ2) is 31.3. The number of aliphatic hydroxyl groups excluding tert-OH is 2. The summed E-state index contributed by atoms with van der Waals surface area (Å²) in [6, 6.07) is -9.12. The summed E-state index contributed by atoms with van der Waals surface area (Å²) in [5.74, 6) is -7.72. The number of nitrogens with two attached hydrogens (primary N) is 2. The molecule has 0 bridgehead atoms. The number of unbranched alkanes of at least 4 members (excludes halogenated alkanes) is 1. The van der Waals surface area contributed by atoms with Crippen molar-refractivity contribution in [3.05, 3.63) is 10.6 Å². The van der Waals surface area contributed by atoms with E-state index >= 15 is 0 Å². The van der Waals surface area contributed by atoms with Crippen LogP contribution in [0.4, 0.5) is 0 Å². The molecule has 2 saturated heterocycles. The number of carboxylic acids is 1. The van der Waals surface area contributed by atoms with Gasteiger partial charge in [-0.05, 0) is 98.3 Å². The Bertz CT molecular complexity index is 1690. The van der Waals surface area contributed by atoms with Gasteiger partial charge in [0.25, 0.3) is 0 Å². The number of nitrogens with one attached hydrogen (secondary N) is 4. The summed E-state index contributed by atoms with van der Waals surface area (Å²) in [5.41, 5.74) is 11.2. The van der Waals surface area contributed by atoms with Crippen molar-refractivity contribution in [2.24, 2.45) is 16.5 Å². The van der Waals surface area contributed by atoms with E-state index in [9.17, 15) is 58.5 Å². The average molecular weight is 1040 g/mol. The number of nitrogens with zero attached hydrogens (tertiary/aromatic N) is 6. The van der Waals surface area contributed by atoms with E-state index in [0.29, 0.717) is 37.9 Å². The standard InChI is InChI=1S/C39H68N12O12S.O.Tc/c1-22(53)32(48-30(54)18-43-33(56)27(21-64)47-34(57)26(20-52)44-31(55)19-49(3)4)36(59)45-24(10-5-6-14-40)37(60)51-17-9-13-29(51)38(61)50-16-8-12-28(50)35(58)46-25(39(62)63)11-7-15-42-23(2)41;;/h22,24-29,32,52-53H,5-21,40H2,1-4H3,(H10,41,42,43,44,45,46,47,48,54,55,56,57,58,59,62,63,64);;/q;;+3/p-3/t22-,24+,25+,26+,27+,28+,29+,32+;;/m1../s1/i;;1+1. The maximum absolute atomic E-state index is 14.2. The number of aliphatic hydroxyl groups is 2. The zero-order valence-corrected chi connectivity index (χ0v) is 40.4. The molecule has 2 aliphatic rings. The van der Waals surface area contributed by atoms with E-state index in [1.54, 1.807) is 21.0 Å². The first-order chi connectivity index (χ1) is 31.2. The first-order valence-electron chi connectivity index (χ1n) is 21.4. The number of amidine groups is 1. The van der Waals surface area contributed by atoms with Crippen molar-refractivity contribution in [2.75, 3.05) is 65.7 Å². The average Bonchev–Trinajstić information content (AvgIpc) is 3.97. The summed E-state index contributed by atoms with van der Waals surface area (Å²) in [6.45, 7) is 1.96. The van der Waals surface area contributed by atoms with Gasteiger partial charge in [0, 0.05) is 38.7 Å². The van der Waals surface area contributed by atoms with Crippen LogP contribution in [0.25, 0.3) is 10.6 Å². The van der Waals surface area contributed by atoms with Crippen molar-refractivity contribution >= 4 is 71.7 Å². The Balaban J connectivity index is 0.0000107. The SMILES string of the molecule is CC(N)=NCCC[C@H](NC(=O)[C@@H]1CCCN1C(=O)[C@@H]1CCCN1C(=O)[C@H](CCCCN)NC(=O)[C@@H](NC(=O)CNC(=O)[C@H](C[S-])[N-]C(=O)[C@H](CO)[N-]C(=O)CN(C)C)[C@@H](C)O)C(=O)O.[O]=[99Tc+3]. The molecule has 11 N–H and O–H groups in total. The first-order valence-corrected chi connectivity index (χ1v) is 22.7. The second-order valence-corrected chi connectivity index (χ2v) is 16.2. The number of amides is 8. The molecule has 2 rings (SSSR count). The van der Waals surface area contributed by atoms with E-state index in [0.717, 1.165) is 18.9 Å². The number of aliphatic imine (C=N–C) groups is 1. The Labute approximate surface area is 399 Å². The minimum absolute atomic E-state index is 0.0795. The van der Waals surface area contributed by atoms with E-state index in [2.05, 4.69) is 36.9 Å². The molecule has 372 valence electrons. The Morgan fingerprint density at radius 2 is 1.50 bits per heavy atom. The summed E-state index contributed by atoms with van der Waals surface area (Å²) >= 11 is 5.84. The molecule has 0 radical (unpaired) electrons. The van der Waals surface area contributed by atoms with Gasteiger partial charge in [-0.25, -0.2) is 4.79 Å². The van der Waals surface area contributed by atoms with Crippen LogP contribution in [-0.4, -0.2) is 203 Å². The molecular weight excluding hydrogens is 975 g/mol. The molecule has 0 unspecified atom stereocenters. The summed E-state index contributed by atoms with van der Waals surface area (Å²) in [7, 11) is 3.20. The van der Waals surface area contributed by atoms with E-state index in [1.165, 1.54) is 21.6 Å². The molecular formula is C39H65N12O13STc. The predicted octanol–water partition coefficient (Wildman–Crippen LogP) is -4.19. The fraction of sp³-hybridized carbons (Fsp3) is 0.744. The fourth-order valence-corrected chi connectivity index (χ4v) is 7.28. The number of carboxylic acid groups (broad SMARTS) is 1. The van der Waals surface area contributed by atoms with Crippen LogP contribution in [0, 0.1) is 0 Å². The van der Waals surface area contributed by atoms with Crippen molar-refractivity contribution in [3.8, 4) is 0 Å². The Hall–Kier alpha value is -4.66. The van der Waals surface area contributed by atoms with Gasteiger partial charge in [-0.1, -0.05) is 6.04 Å². The number of hydrogen-bond acceptors (Lipinski definition) is 16. The third-order valence-corrected chi connectivity index (χ3v) is 10.6. The third kappa shape index (κ3) is 20.1. The molecule has 0 spiro atoms. The van der Waals surface area contributed by atoms with Crippen molar-refractivity contribution in [1.82, 2.24) is 36.0 Å². The van der Waals surface area contributed by atoms with Gasteiger partial charge in [-0.15, -0.1) is 0 Å². The summed E-state index contributed by atoms with van der Waals surface area (Å²) < 4.78 is 8.22. The van der Waals surface area contributed by atoms with E-state index in [-0.39, 0.29) is 58.4 Å². The number of carbonyl (C=O) groups excluding carboxylic acids is 8. The molecule has 0 aromatic carbocycles. The van der Waals surface area contributed by atoms with Crippen molar-refractivity contribution < 1.29 is 80.8 Å². The maximum atomic E-state index is 14.2. The second-order valence-electron chi connectivity index (χ2n) is 15.9. The fourth-order valence-electron chi connectivity index (χ4n) is 7.06. The zero-order valence-electron chi connectivity index (χ0n) is 37.7. The van der Waals surface area contributed by atoms with Crippen LogP contribution in [-0.2, 0) is 78.1 Å². The zero-order chi connectivity index (χ0) is 50.1. The molecule has 66 heavy (non-hydrogen) atoms. The molecule has 2 aliphatic heterocycles. The van der Waals surface area contributed by atoms with Crippen LogP contribution in [0.5, 0.6) is 0 Å². The van der Waals surface area contributed by atoms with Gasteiger partial charge in [0.1, 0.15) is 30.2 Å². The number of hydrogen-bond donors (Lipinski definition) is 9. The van der Waals surface area contributed by atoms with E-state index in [1.807, 2.05) is 0 Å². The van der Waals surface area contributed by atoms with Crippen molar-refractivity contribution in [1.29, 1.82) is 0 Å². The predicted molar refractivity (Wildman–Crippen MR) is 235 cm³/mol. The molecule has 0 aromatic heterocycles. The first kappa shape index (κ1) is 59.4. The Kier molecular flexibility index (Phi) is 28.2. The molecule has 8 amide bonds. The summed E-state index contributed by atoms with van der Waals surface area (Å²) in [4.78, 5) is 126. The van der Waals surface area contributed by atoms with E-state index in [4.69, 9.17) is 27.6 Å². The molecule has 0 saturated carbocycles. The number of likely N-dealkylation sites (tertiary alicyclic amines) is 2. The Morgan fingerprint density at radius 3 is 2.06 bits per heavy atom. The topological polar surface area (TPSA) is 382 Å². The van der Waals surface area contributed by atoms with Crippen LogP contribution >= 0.6 is 0 Å². The van der Waals surface area contributed by atoms with Gasteiger partial charge in [-0.2, -0.15) is 5.75 Å². The number of aliphatic carboxylic acids is 1. The minimum atomic E-state index is -1.63. The summed E-state index contributed by atoms with van der Waals surface area (Å²) in [5, 5.41) is 46.8.